The van der Waals surface area contributed by atoms with Crippen LogP contribution in [0.15, 0.2) is 0 Å². The SMILES string of the molecule is CO[Si](CCC(=O)OC(=O)CC[Si](OC)(OC)OC)(OC)OC. The lowest BCUT2D eigenvalue weighted by molar-refractivity contribution is -0.159. The monoisotopic (exact) mass is 370 g/mol. The van der Waals surface area contributed by atoms with Crippen molar-refractivity contribution >= 4 is 29.5 Å². The first-order chi connectivity index (χ1) is 10.9. The van der Waals surface area contributed by atoms with Crippen LogP contribution in [0.3, 0.4) is 0 Å². The fourth-order valence-corrected chi connectivity index (χ4v) is 5.10. The fourth-order valence-electron chi connectivity index (χ4n) is 1.85. The molecule has 0 rings (SSSR count). The molecule has 23 heavy (non-hydrogen) atoms. The van der Waals surface area contributed by atoms with Crippen molar-refractivity contribution in [2.45, 2.75) is 24.9 Å². The second-order valence-corrected chi connectivity index (χ2v) is 10.6. The van der Waals surface area contributed by atoms with Gasteiger partial charge in [0.05, 0.1) is 12.8 Å². The molecule has 0 aromatic carbocycles. The third kappa shape index (κ3) is 7.18. The minimum atomic E-state index is -2.86. The Hall–Kier alpha value is -0.666. The van der Waals surface area contributed by atoms with Crippen LogP contribution in [0.4, 0.5) is 0 Å². The summed E-state index contributed by atoms with van der Waals surface area (Å²) in [5.41, 5.74) is 0. The summed E-state index contributed by atoms with van der Waals surface area (Å²) in [6.45, 7) is 0. The summed E-state index contributed by atoms with van der Waals surface area (Å²) in [7, 11) is 2.94. The number of esters is 2. The lowest BCUT2D eigenvalue weighted by Crippen LogP contribution is -2.43. The van der Waals surface area contributed by atoms with Gasteiger partial charge >= 0.3 is 29.5 Å². The average Bonchev–Trinajstić information content (AvgIpc) is 2.58. The number of carbonyl (C=O) groups is 2. The molecule has 11 heteroatoms. The van der Waals surface area contributed by atoms with E-state index < -0.39 is 29.5 Å². The Balaban J connectivity index is 4.33. The minimum absolute atomic E-state index is 0.0467. The third-order valence-electron chi connectivity index (χ3n) is 3.36. The van der Waals surface area contributed by atoms with Crippen LogP contribution in [0.5, 0.6) is 0 Å². The predicted octanol–water partition coefficient (Wildman–Crippen LogP) is 0.593. The number of hydrogen-bond donors (Lipinski definition) is 0. The van der Waals surface area contributed by atoms with Crippen molar-refractivity contribution in [3.8, 4) is 0 Å². The van der Waals surface area contributed by atoms with Gasteiger partial charge in [0.15, 0.2) is 0 Å². The normalized spacial score (nSPS) is 12.3. The van der Waals surface area contributed by atoms with Crippen LogP contribution in [0.1, 0.15) is 12.8 Å². The molecule has 0 aliphatic heterocycles. The zero-order valence-corrected chi connectivity index (χ0v) is 16.5. The van der Waals surface area contributed by atoms with Crippen LogP contribution in [0.2, 0.25) is 12.1 Å². The average molecular weight is 371 g/mol. The molecule has 0 aromatic rings. The van der Waals surface area contributed by atoms with Crippen LogP contribution < -0.4 is 0 Å². The first kappa shape index (κ1) is 22.3. The minimum Gasteiger partial charge on any atom is -0.393 e. The molecule has 9 nitrogen and oxygen atoms in total. The van der Waals surface area contributed by atoms with Crippen LogP contribution >= 0.6 is 0 Å². The van der Waals surface area contributed by atoms with E-state index in [0.717, 1.165) is 0 Å². The smallest absolute Gasteiger partial charge is 0.393 e. The van der Waals surface area contributed by atoms with Gasteiger partial charge < -0.3 is 31.3 Å². The second kappa shape index (κ2) is 11.0. The number of ether oxygens (including phenoxy) is 1. The molecular formula is C12H26O9Si2. The Kier molecular flexibility index (Phi) is 10.7. The molecular weight excluding hydrogens is 344 g/mol. The van der Waals surface area contributed by atoms with Gasteiger partial charge in [0.2, 0.25) is 0 Å². The fraction of sp³-hybridized carbons (Fsp3) is 0.833. The topological polar surface area (TPSA) is 98.8 Å². The summed E-state index contributed by atoms with van der Waals surface area (Å²) in [5.74, 6) is -1.34. The van der Waals surface area contributed by atoms with Crippen molar-refractivity contribution in [1.82, 2.24) is 0 Å². The largest absolute Gasteiger partial charge is 0.500 e. The van der Waals surface area contributed by atoms with Crippen molar-refractivity contribution in [3.63, 3.8) is 0 Å². The number of hydrogen-bond acceptors (Lipinski definition) is 9. The zero-order chi connectivity index (χ0) is 17.9. The van der Waals surface area contributed by atoms with Crippen LogP contribution in [-0.4, -0.2) is 72.2 Å². The molecule has 0 saturated heterocycles. The molecule has 0 heterocycles. The molecule has 0 aliphatic rings. The lowest BCUT2D eigenvalue weighted by Gasteiger charge is -2.24. The van der Waals surface area contributed by atoms with E-state index in [1.807, 2.05) is 0 Å². The van der Waals surface area contributed by atoms with Crippen LogP contribution in [0.25, 0.3) is 0 Å². The first-order valence-electron chi connectivity index (χ1n) is 6.90. The number of rotatable bonds is 12. The van der Waals surface area contributed by atoms with Gasteiger partial charge in [-0.05, 0) is 0 Å². The maximum absolute atomic E-state index is 11.7. The summed E-state index contributed by atoms with van der Waals surface area (Å²) < 4.78 is 35.9. The lowest BCUT2D eigenvalue weighted by atomic mass is 10.4. The highest BCUT2D eigenvalue weighted by Gasteiger charge is 2.40. The van der Waals surface area contributed by atoms with Crippen molar-refractivity contribution in [1.29, 1.82) is 0 Å². The van der Waals surface area contributed by atoms with E-state index in [4.69, 9.17) is 31.3 Å². The first-order valence-corrected chi connectivity index (χ1v) is 10.8. The van der Waals surface area contributed by atoms with Crippen molar-refractivity contribution < 1.29 is 40.9 Å². The Morgan fingerprint density at radius 2 is 0.870 bits per heavy atom. The predicted molar refractivity (Wildman–Crippen MR) is 83.5 cm³/mol. The van der Waals surface area contributed by atoms with Gasteiger partial charge in [0.1, 0.15) is 0 Å². The summed E-state index contributed by atoms with van der Waals surface area (Å²) in [6, 6.07) is 0.436. The van der Waals surface area contributed by atoms with Gasteiger partial charge in [-0.3, -0.25) is 9.59 Å². The standard InChI is InChI=1S/C12H26O9Si2/c1-15-22(16-2,17-3)9-7-11(13)21-12(14)8-10-23(18-4,19-5)20-6/h7-10H2,1-6H3. The van der Waals surface area contributed by atoms with Crippen molar-refractivity contribution in [2.75, 3.05) is 42.7 Å². The van der Waals surface area contributed by atoms with Gasteiger partial charge in [-0.15, -0.1) is 0 Å². The Morgan fingerprint density at radius 1 is 0.609 bits per heavy atom. The molecule has 0 atom stereocenters. The molecule has 0 unspecified atom stereocenters. The summed E-state index contributed by atoms with van der Waals surface area (Å²) >= 11 is 0. The summed E-state index contributed by atoms with van der Waals surface area (Å²) in [6.07, 6.45) is -0.0935. The van der Waals surface area contributed by atoms with E-state index in [9.17, 15) is 9.59 Å². The Bertz CT molecular complexity index is 319. The van der Waals surface area contributed by atoms with Crippen LogP contribution in [0, 0.1) is 0 Å². The third-order valence-corrected chi connectivity index (χ3v) is 8.82. The van der Waals surface area contributed by atoms with E-state index in [2.05, 4.69) is 0 Å². The quantitative estimate of drug-likeness (QED) is 0.278. The van der Waals surface area contributed by atoms with Gasteiger partial charge in [-0.25, -0.2) is 0 Å². The molecule has 0 N–H and O–H groups in total. The highest BCUT2D eigenvalue weighted by Crippen LogP contribution is 2.17. The molecule has 0 radical (unpaired) electrons. The van der Waals surface area contributed by atoms with Gasteiger partial charge in [0.25, 0.3) is 0 Å². The molecule has 0 fully saturated rings. The van der Waals surface area contributed by atoms with E-state index in [-0.39, 0.29) is 24.9 Å². The zero-order valence-electron chi connectivity index (χ0n) is 14.5. The molecule has 0 spiro atoms. The van der Waals surface area contributed by atoms with E-state index >= 15 is 0 Å². The van der Waals surface area contributed by atoms with E-state index in [1.54, 1.807) is 0 Å². The second-order valence-electron chi connectivity index (χ2n) is 4.44. The molecule has 0 aliphatic carbocycles. The van der Waals surface area contributed by atoms with Crippen LogP contribution in [-0.2, 0) is 40.9 Å². The van der Waals surface area contributed by atoms with Gasteiger partial charge in [-0.2, -0.15) is 0 Å². The highest BCUT2D eigenvalue weighted by atomic mass is 28.4. The van der Waals surface area contributed by atoms with Crippen molar-refractivity contribution in [3.05, 3.63) is 0 Å². The maximum atomic E-state index is 11.7. The van der Waals surface area contributed by atoms with Gasteiger partial charge in [-0.1, -0.05) is 0 Å². The van der Waals surface area contributed by atoms with E-state index in [1.165, 1.54) is 42.7 Å². The summed E-state index contributed by atoms with van der Waals surface area (Å²) in [5, 5.41) is 0. The Morgan fingerprint density at radius 3 is 1.09 bits per heavy atom. The summed E-state index contributed by atoms with van der Waals surface area (Å²) in [4.78, 5) is 23.4. The molecule has 0 bridgehead atoms. The Labute approximate surface area is 138 Å². The molecule has 0 aromatic heterocycles. The van der Waals surface area contributed by atoms with E-state index in [0.29, 0.717) is 0 Å². The van der Waals surface area contributed by atoms with Gasteiger partial charge in [0, 0.05) is 54.7 Å². The molecule has 0 saturated carbocycles. The highest BCUT2D eigenvalue weighted by molar-refractivity contribution is 6.61. The molecule has 0 amide bonds. The maximum Gasteiger partial charge on any atom is 0.500 e. The molecule has 136 valence electrons. The number of carbonyl (C=O) groups excluding carboxylic acids is 2. The van der Waals surface area contributed by atoms with Crippen molar-refractivity contribution in [2.24, 2.45) is 0 Å².